The van der Waals surface area contributed by atoms with Gasteiger partial charge in [-0.25, -0.2) is 9.37 Å². The number of halogens is 1. The number of carbonyl (C=O) groups excluding carboxylic acids is 1. The summed E-state index contributed by atoms with van der Waals surface area (Å²) in [5.74, 6) is 1.03. The van der Waals surface area contributed by atoms with Crippen molar-refractivity contribution in [1.29, 1.82) is 0 Å². The summed E-state index contributed by atoms with van der Waals surface area (Å²) in [6, 6.07) is 3.23. The molecule has 2 fully saturated rings. The van der Waals surface area contributed by atoms with Crippen LogP contribution in [0.2, 0.25) is 0 Å². The number of hydrogen-bond donors (Lipinski definition) is 0. The molecule has 0 spiro atoms. The van der Waals surface area contributed by atoms with E-state index >= 15 is 0 Å². The fourth-order valence-electron chi connectivity index (χ4n) is 3.61. The average molecular weight is 370 g/mol. The lowest BCUT2D eigenvalue weighted by molar-refractivity contribution is 0.0745. The van der Waals surface area contributed by atoms with Crippen molar-refractivity contribution in [2.75, 3.05) is 49.1 Å². The third-order valence-corrected chi connectivity index (χ3v) is 5.06. The zero-order chi connectivity index (χ0) is 18.8. The van der Waals surface area contributed by atoms with Crippen molar-refractivity contribution in [3.63, 3.8) is 0 Å². The molecule has 0 aromatic carbocycles. The number of hydrogen-bond acceptors (Lipinski definition) is 6. The quantitative estimate of drug-likeness (QED) is 0.822. The van der Waals surface area contributed by atoms with Crippen molar-refractivity contribution >= 4 is 17.7 Å². The van der Waals surface area contributed by atoms with E-state index < -0.39 is 5.82 Å². The molecule has 2 aromatic heterocycles. The monoisotopic (exact) mass is 370 g/mol. The summed E-state index contributed by atoms with van der Waals surface area (Å²) < 4.78 is 13.3. The van der Waals surface area contributed by atoms with Gasteiger partial charge in [0.05, 0.1) is 11.8 Å². The minimum absolute atomic E-state index is 0.182. The molecule has 1 amide bonds. The Morgan fingerprint density at radius 2 is 1.70 bits per heavy atom. The van der Waals surface area contributed by atoms with E-state index in [1.54, 1.807) is 4.90 Å². The van der Waals surface area contributed by atoms with Crippen LogP contribution in [0.4, 0.5) is 16.2 Å². The van der Waals surface area contributed by atoms with E-state index in [9.17, 15) is 9.18 Å². The molecule has 4 rings (SSSR count). The molecule has 27 heavy (non-hydrogen) atoms. The molecule has 142 valence electrons. The molecule has 2 aliphatic rings. The topological polar surface area (TPSA) is 65.5 Å². The Balaban J connectivity index is 1.44. The van der Waals surface area contributed by atoms with Crippen LogP contribution >= 0.6 is 0 Å². The highest BCUT2D eigenvalue weighted by Gasteiger charge is 2.24. The van der Waals surface area contributed by atoms with Gasteiger partial charge in [0.2, 0.25) is 5.95 Å². The van der Waals surface area contributed by atoms with Gasteiger partial charge in [-0.05, 0) is 25.8 Å². The van der Waals surface area contributed by atoms with Crippen LogP contribution in [0.3, 0.4) is 0 Å². The number of pyridine rings is 1. The number of amides is 1. The molecule has 0 N–H and O–H groups in total. The number of piperazine rings is 1. The van der Waals surface area contributed by atoms with Crippen LogP contribution < -0.4 is 9.80 Å². The van der Waals surface area contributed by atoms with Gasteiger partial charge in [-0.1, -0.05) is 0 Å². The zero-order valence-electron chi connectivity index (χ0n) is 15.4. The minimum Gasteiger partial charge on any atom is -0.353 e. The molecule has 0 atom stereocenters. The summed E-state index contributed by atoms with van der Waals surface area (Å²) in [6.07, 6.45) is 4.88. The second-order valence-electron chi connectivity index (χ2n) is 7.03. The Kier molecular flexibility index (Phi) is 4.87. The fourth-order valence-corrected chi connectivity index (χ4v) is 3.61. The Labute approximate surface area is 157 Å². The van der Waals surface area contributed by atoms with Gasteiger partial charge < -0.3 is 14.7 Å². The zero-order valence-corrected chi connectivity index (χ0v) is 15.4. The van der Waals surface area contributed by atoms with Crippen LogP contribution in [-0.4, -0.2) is 65.0 Å². The van der Waals surface area contributed by atoms with Gasteiger partial charge in [0.1, 0.15) is 11.6 Å². The van der Waals surface area contributed by atoms with E-state index in [4.69, 9.17) is 4.98 Å². The van der Waals surface area contributed by atoms with E-state index in [1.807, 2.05) is 13.0 Å². The van der Waals surface area contributed by atoms with Crippen LogP contribution in [0.15, 0.2) is 24.5 Å². The second kappa shape index (κ2) is 7.46. The summed E-state index contributed by atoms with van der Waals surface area (Å²) >= 11 is 0. The third kappa shape index (κ3) is 3.84. The standard InChI is InChI=1S/C19H23FN6O/c1-14-10-17(23-19(22-14)26-4-2-3-5-26)24-6-8-25(9-7-24)18(27)15-11-16(20)13-21-12-15/h10-13H,2-9H2,1H3. The number of aromatic nitrogens is 3. The maximum absolute atomic E-state index is 13.3. The van der Waals surface area contributed by atoms with Crippen molar-refractivity contribution in [2.24, 2.45) is 0 Å². The van der Waals surface area contributed by atoms with Gasteiger partial charge in [0.25, 0.3) is 5.91 Å². The first-order valence-electron chi connectivity index (χ1n) is 9.35. The van der Waals surface area contributed by atoms with Gasteiger partial charge in [0.15, 0.2) is 0 Å². The SMILES string of the molecule is Cc1cc(N2CCN(C(=O)c3cncc(F)c3)CC2)nc(N2CCCC2)n1. The number of carbonyl (C=O) groups is 1. The summed E-state index contributed by atoms with van der Waals surface area (Å²) in [5.41, 5.74) is 1.24. The van der Waals surface area contributed by atoms with Crippen LogP contribution in [0.1, 0.15) is 28.9 Å². The number of nitrogens with zero attached hydrogens (tertiary/aromatic N) is 6. The Morgan fingerprint density at radius 3 is 2.41 bits per heavy atom. The normalized spacial score (nSPS) is 17.5. The molecule has 0 unspecified atom stereocenters. The van der Waals surface area contributed by atoms with Crippen LogP contribution in [0, 0.1) is 12.7 Å². The fraction of sp³-hybridized carbons (Fsp3) is 0.474. The summed E-state index contributed by atoms with van der Waals surface area (Å²) in [4.78, 5) is 31.8. The van der Waals surface area contributed by atoms with Crippen molar-refractivity contribution in [1.82, 2.24) is 19.9 Å². The maximum atomic E-state index is 13.3. The predicted octanol–water partition coefficient (Wildman–Crippen LogP) is 1.88. The van der Waals surface area contributed by atoms with Gasteiger partial charge in [-0.15, -0.1) is 0 Å². The maximum Gasteiger partial charge on any atom is 0.255 e. The molecular formula is C19H23FN6O. The van der Waals surface area contributed by atoms with Crippen molar-refractivity contribution in [3.05, 3.63) is 41.6 Å². The van der Waals surface area contributed by atoms with E-state index in [2.05, 4.69) is 19.8 Å². The summed E-state index contributed by atoms with van der Waals surface area (Å²) in [7, 11) is 0. The first kappa shape index (κ1) is 17.6. The van der Waals surface area contributed by atoms with Gasteiger partial charge in [-0.3, -0.25) is 9.78 Å². The molecule has 7 nitrogen and oxygen atoms in total. The summed E-state index contributed by atoms with van der Waals surface area (Å²) in [5, 5.41) is 0. The van der Waals surface area contributed by atoms with E-state index in [-0.39, 0.29) is 11.5 Å². The van der Waals surface area contributed by atoms with Crippen molar-refractivity contribution in [2.45, 2.75) is 19.8 Å². The molecule has 4 heterocycles. The minimum atomic E-state index is -0.495. The first-order chi connectivity index (χ1) is 13.1. The lowest BCUT2D eigenvalue weighted by Gasteiger charge is -2.35. The van der Waals surface area contributed by atoms with E-state index in [0.29, 0.717) is 26.2 Å². The van der Waals surface area contributed by atoms with E-state index in [0.717, 1.165) is 36.7 Å². The number of rotatable bonds is 3. The molecule has 0 bridgehead atoms. The lowest BCUT2D eigenvalue weighted by atomic mass is 10.2. The predicted molar refractivity (Wildman–Crippen MR) is 101 cm³/mol. The average Bonchev–Trinajstić information content (AvgIpc) is 3.22. The molecule has 0 radical (unpaired) electrons. The van der Waals surface area contributed by atoms with Crippen LogP contribution in [0.5, 0.6) is 0 Å². The summed E-state index contributed by atoms with van der Waals surface area (Å²) in [6.45, 7) is 6.50. The van der Waals surface area contributed by atoms with Gasteiger partial charge in [-0.2, -0.15) is 4.98 Å². The van der Waals surface area contributed by atoms with Gasteiger partial charge in [0, 0.05) is 57.2 Å². The van der Waals surface area contributed by atoms with Crippen LogP contribution in [-0.2, 0) is 0 Å². The Hall–Kier alpha value is -2.77. The number of aryl methyl sites for hydroxylation is 1. The molecular weight excluding hydrogens is 347 g/mol. The molecule has 8 heteroatoms. The molecule has 2 saturated heterocycles. The molecule has 0 saturated carbocycles. The highest BCUT2D eigenvalue weighted by atomic mass is 19.1. The smallest absolute Gasteiger partial charge is 0.255 e. The third-order valence-electron chi connectivity index (χ3n) is 5.06. The molecule has 0 aliphatic carbocycles. The highest BCUT2D eigenvalue weighted by Crippen LogP contribution is 2.22. The first-order valence-corrected chi connectivity index (χ1v) is 9.35. The number of anilines is 2. The molecule has 2 aliphatic heterocycles. The second-order valence-corrected chi connectivity index (χ2v) is 7.03. The largest absolute Gasteiger partial charge is 0.353 e. The van der Waals surface area contributed by atoms with Crippen molar-refractivity contribution < 1.29 is 9.18 Å². The van der Waals surface area contributed by atoms with Crippen molar-refractivity contribution in [3.8, 4) is 0 Å². The highest BCUT2D eigenvalue weighted by molar-refractivity contribution is 5.94. The van der Waals surface area contributed by atoms with E-state index in [1.165, 1.54) is 25.1 Å². The van der Waals surface area contributed by atoms with Crippen LogP contribution in [0.25, 0.3) is 0 Å². The lowest BCUT2D eigenvalue weighted by Crippen LogP contribution is -2.49. The Morgan fingerprint density at radius 1 is 0.963 bits per heavy atom. The Bertz CT molecular complexity index is 831. The van der Waals surface area contributed by atoms with Gasteiger partial charge >= 0.3 is 0 Å². The molecule has 2 aromatic rings.